The number of hydrogen-bond donors (Lipinski definition) is 1. The minimum Gasteiger partial charge on any atom is -0.389 e. The highest BCUT2D eigenvalue weighted by molar-refractivity contribution is 5.56. The average molecular weight is 263 g/mol. The topological polar surface area (TPSA) is 23.5 Å². The molecule has 1 saturated heterocycles. The van der Waals surface area contributed by atoms with Crippen molar-refractivity contribution < 1.29 is 9.50 Å². The van der Waals surface area contributed by atoms with E-state index >= 15 is 0 Å². The summed E-state index contributed by atoms with van der Waals surface area (Å²) in [5.74, 6) is 0.528. The monoisotopic (exact) mass is 263 g/mol. The molecule has 19 heavy (non-hydrogen) atoms. The number of rotatable bonds is 2. The number of fused-ring (bicyclic) bond motifs is 1. The number of nitrogens with zero attached hydrogens (tertiary/aromatic N) is 1. The molecule has 3 heteroatoms. The van der Waals surface area contributed by atoms with E-state index in [0.717, 1.165) is 23.7 Å². The zero-order valence-corrected chi connectivity index (χ0v) is 11.5. The van der Waals surface area contributed by atoms with Crippen LogP contribution in [0.3, 0.4) is 0 Å². The van der Waals surface area contributed by atoms with Crippen molar-refractivity contribution in [1.82, 2.24) is 0 Å². The van der Waals surface area contributed by atoms with E-state index in [4.69, 9.17) is 0 Å². The molecule has 0 amide bonds. The first-order chi connectivity index (χ1) is 9.16. The number of halogens is 1. The Morgan fingerprint density at radius 2 is 2.05 bits per heavy atom. The summed E-state index contributed by atoms with van der Waals surface area (Å²) in [5.41, 5.74) is 1.76. The maximum atomic E-state index is 13.4. The fourth-order valence-electron chi connectivity index (χ4n) is 3.87. The molecule has 2 unspecified atom stereocenters. The lowest BCUT2D eigenvalue weighted by atomic mass is 9.90. The number of aliphatic hydroxyl groups excluding tert-OH is 1. The molecular weight excluding hydrogens is 241 g/mol. The highest BCUT2D eigenvalue weighted by Gasteiger charge is 2.36. The molecule has 0 bridgehead atoms. The lowest BCUT2D eigenvalue weighted by molar-refractivity contribution is 0.198. The molecule has 1 aromatic rings. The van der Waals surface area contributed by atoms with Crippen LogP contribution in [0.25, 0.3) is 0 Å². The zero-order valence-electron chi connectivity index (χ0n) is 11.5. The lowest BCUT2D eigenvalue weighted by Crippen LogP contribution is -2.43. The van der Waals surface area contributed by atoms with Crippen molar-refractivity contribution in [2.24, 2.45) is 5.92 Å². The minimum atomic E-state index is -0.618. The third kappa shape index (κ3) is 2.36. The molecular formula is C16H22FNO. The van der Waals surface area contributed by atoms with Gasteiger partial charge in [-0.1, -0.05) is 6.42 Å². The largest absolute Gasteiger partial charge is 0.389 e. The quantitative estimate of drug-likeness (QED) is 0.880. The van der Waals surface area contributed by atoms with Gasteiger partial charge in [0.05, 0.1) is 6.10 Å². The summed E-state index contributed by atoms with van der Waals surface area (Å²) in [7, 11) is 0. The summed E-state index contributed by atoms with van der Waals surface area (Å²) < 4.78 is 13.4. The maximum absolute atomic E-state index is 13.4. The second-order valence-corrected chi connectivity index (χ2v) is 5.97. The number of benzene rings is 1. The first kappa shape index (κ1) is 12.9. The van der Waals surface area contributed by atoms with Gasteiger partial charge >= 0.3 is 0 Å². The third-order valence-electron chi connectivity index (χ3n) is 4.74. The fraction of sp³-hybridized carbons (Fsp3) is 0.625. The van der Waals surface area contributed by atoms with E-state index in [-0.39, 0.29) is 5.82 Å². The summed E-state index contributed by atoms with van der Waals surface area (Å²) in [6, 6.07) is 5.44. The van der Waals surface area contributed by atoms with Gasteiger partial charge in [-0.05, 0) is 56.7 Å². The Morgan fingerprint density at radius 3 is 2.84 bits per heavy atom. The van der Waals surface area contributed by atoms with Crippen LogP contribution in [-0.4, -0.2) is 17.7 Å². The number of anilines is 1. The maximum Gasteiger partial charge on any atom is 0.123 e. The van der Waals surface area contributed by atoms with Gasteiger partial charge in [0.15, 0.2) is 0 Å². The summed E-state index contributed by atoms with van der Waals surface area (Å²) in [6.07, 6.45) is 5.78. The first-order valence-electron chi connectivity index (χ1n) is 7.41. The molecule has 1 aliphatic heterocycles. The van der Waals surface area contributed by atoms with E-state index in [0.29, 0.717) is 6.04 Å². The molecule has 104 valence electrons. The molecule has 1 heterocycles. The van der Waals surface area contributed by atoms with Crippen molar-refractivity contribution in [1.29, 1.82) is 0 Å². The molecule has 1 aliphatic carbocycles. The molecule has 2 aliphatic rings. The van der Waals surface area contributed by atoms with Gasteiger partial charge in [-0.2, -0.15) is 0 Å². The molecule has 3 atom stereocenters. The zero-order chi connectivity index (χ0) is 13.4. The van der Waals surface area contributed by atoms with Gasteiger partial charge in [0.1, 0.15) is 5.82 Å². The molecule has 0 spiro atoms. The Kier molecular flexibility index (Phi) is 3.48. The molecule has 1 aromatic carbocycles. The van der Waals surface area contributed by atoms with Crippen molar-refractivity contribution in [3.05, 3.63) is 29.6 Å². The smallest absolute Gasteiger partial charge is 0.123 e. The molecule has 1 saturated carbocycles. The van der Waals surface area contributed by atoms with Crippen LogP contribution in [0.15, 0.2) is 18.2 Å². The molecule has 0 aromatic heterocycles. The summed E-state index contributed by atoms with van der Waals surface area (Å²) in [5, 5.41) is 9.91. The van der Waals surface area contributed by atoms with Crippen LogP contribution >= 0.6 is 0 Å². The normalized spacial score (nSPS) is 28.3. The second-order valence-electron chi connectivity index (χ2n) is 5.97. The Labute approximate surface area is 114 Å². The molecule has 2 fully saturated rings. The Morgan fingerprint density at radius 1 is 1.26 bits per heavy atom. The van der Waals surface area contributed by atoms with Crippen molar-refractivity contribution in [2.75, 3.05) is 11.4 Å². The van der Waals surface area contributed by atoms with E-state index in [1.54, 1.807) is 6.92 Å². The van der Waals surface area contributed by atoms with Crippen molar-refractivity contribution in [3.8, 4) is 0 Å². The van der Waals surface area contributed by atoms with Gasteiger partial charge in [0.25, 0.3) is 0 Å². The van der Waals surface area contributed by atoms with E-state index in [2.05, 4.69) is 4.90 Å². The molecule has 1 N–H and O–H groups in total. The minimum absolute atomic E-state index is 0.264. The van der Waals surface area contributed by atoms with E-state index in [9.17, 15) is 9.50 Å². The predicted octanol–water partition coefficient (Wildman–Crippen LogP) is 3.65. The Balaban J connectivity index is 1.96. The van der Waals surface area contributed by atoms with Crippen LogP contribution in [0.5, 0.6) is 0 Å². The van der Waals surface area contributed by atoms with Crippen molar-refractivity contribution in [3.63, 3.8) is 0 Å². The van der Waals surface area contributed by atoms with Crippen LogP contribution in [-0.2, 0) is 0 Å². The van der Waals surface area contributed by atoms with Gasteiger partial charge in [-0.15, -0.1) is 0 Å². The SMILES string of the molecule is C[C@H](O)c1cc(F)ccc1N1CCCC2CCCC21. The lowest BCUT2D eigenvalue weighted by Gasteiger charge is -2.40. The Hall–Kier alpha value is -1.09. The average Bonchev–Trinajstić information content (AvgIpc) is 2.86. The summed E-state index contributed by atoms with van der Waals surface area (Å²) >= 11 is 0. The number of aliphatic hydroxyl groups is 1. The second kappa shape index (κ2) is 5.12. The van der Waals surface area contributed by atoms with Crippen LogP contribution < -0.4 is 4.90 Å². The fourth-order valence-corrected chi connectivity index (χ4v) is 3.87. The van der Waals surface area contributed by atoms with Crippen LogP contribution in [0.2, 0.25) is 0 Å². The highest BCUT2D eigenvalue weighted by Crippen LogP contribution is 2.41. The van der Waals surface area contributed by atoms with E-state index in [1.807, 2.05) is 6.07 Å². The van der Waals surface area contributed by atoms with Gasteiger partial charge in [0.2, 0.25) is 0 Å². The number of piperidine rings is 1. The first-order valence-corrected chi connectivity index (χ1v) is 7.41. The van der Waals surface area contributed by atoms with Gasteiger partial charge < -0.3 is 10.0 Å². The van der Waals surface area contributed by atoms with Gasteiger partial charge in [0, 0.05) is 23.8 Å². The summed E-state index contributed by atoms with van der Waals surface area (Å²) in [6.45, 7) is 2.75. The van der Waals surface area contributed by atoms with Crippen molar-refractivity contribution in [2.45, 2.75) is 51.2 Å². The van der Waals surface area contributed by atoms with E-state index in [1.165, 1.54) is 44.2 Å². The standard InChI is InChI=1S/C16H22FNO/c1-11(19)14-10-13(17)7-8-16(14)18-9-3-5-12-4-2-6-15(12)18/h7-8,10-12,15,19H,2-6,9H2,1H3/t11-,12?,15?/m0/s1. The highest BCUT2D eigenvalue weighted by atomic mass is 19.1. The third-order valence-corrected chi connectivity index (χ3v) is 4.74. The summed E-state index contributed by atoms with van der Waals surface area (Å²) in [4.78, 5) is 2.42. The van der Waals surface area contributed by atoms with Crippen LogP contribution in [0.1, 0.15) is 50.7 Å². The predicted molar refractivity (Wildman–Crippen MR) is 74.7 cm³/mol. The van der Waals surface area contributed by atoms with E-state index < -0.39 is 6.10 Å². The van der Waals surface area contributed by atoms with Gasteiger partial charge in [-0.25, -0.2) is 4.39 Å². The van der Waals surface area contributed by atoms with Gasteiger partial charge in [-0.3, -0.25) is 0 Å². The van der Waals surface area contributed by atoms with Crippen LogP contribution in [0.4, 0.5) is 10.1 Å². The molecule has 0 radical (unpaired) electrons. The van der Waals surface area contributed by atoms with Crippen LogP contribution in [0, 0.1) is 11.7 Å². The molecule has 3 rings (SSSR count). The van der Waals surface area contributed by atoms with Crippen molar-refractivity contribution >= 4 is 5.69 Å². The Bertz CT molecular complexity index is 460. The molecule has 2 nitrogen and oxygen atoms in total. The number of hydrogen-bond acceptors (Lipinski definition) is 2.